The van der Waals surface area contributed by atoms with Crippen LogP contribution in [-0.2, 0) is 4.74 Å². The number of likely N-dealkylation sites (tertiary alicyclic amines) is 1. The molecule has 0 spiro atoms. The summed E-state index contributed by atoms with van der Waals surface area (Å²) >= 11 is 0. The molecular formula is C21H24FNO3. The summed E-state index contributed by atoms with van der Waals surface area (Å²) in [5.74, 6) is 0.562. The van der Waals surface area contributed by atoms with Crippen LogP contribution in [0.1, 0.15) is 35.2 Å². The Balaban J connectivity index is 1.65. The van der Waals surface area contributed by atoms with Crippen molar-refractivity contribution in [2.75, 3.05) is 32.9 Å². The third kappa shape index (κ3) is 4.41. The molecule has 1 saturated heterocycles. The van der Waals surface area contributed by atoms with Gasteiger partial charge in [0.25, 0.3) is 5.91 Å². The Kier molecular flexibility index (Phi) is 6.23. The van der Waals surface area contributed by atoms with Crippen molar-refractivity contribution in [2.45, 2.75) is 19.3 Å². The maximum atomic E-state index is 13.1. The number of amides is 1. The van der Waals surface area contributed by atoms with E-state index in [2.05, 4.69) is 0 Å². The Morgan fingerprint density at radius 3 is 2.69 bits per heavy atom. The maximum absolute atomic E-state index is 13.1. The fourth-order valence-corrected chi connectivity index (χ4v) is 3.25. The number of para-hydroxylation sites is 1. The number of halogens is 1. The molecule has 3 rings (SSSR count). The second-order valence-corrected chi connectivity index (χ2v) is 6.33. The van der Waals surface area contributed by atoms with E-state index in [1.165, 1.54) is 12.1 Å². The fourth-order valence-electron chi connectivity index (χ4n) is 3.25. The smallest absolute Gasteiger partial charge is 0.257 e. The van der Waals surface area contributed by atoms with Crippen LogP contribution in [0.15, 0.2) is 48.5 Å². The molecule has 2 aromatic rings. The van der Waals surface area contributed by atoms with Gasteiger partial charge in [0, 0.05) is 25.6 Å². The Morgan fingerprint density at radius 1 is 1.15 bits per heavy atom. The van der Waals surface area contributed by atoms with E-state index < -0.39 is 0 Å². The highest BCUT2D eigenvalue weighted by atomic mass is 19.1. The third-order valence-electron chi connectivity index (χ3n) is 4.62. The van der Waals surface area contributed by atoms with Crippen LogP contribution in [0, 0.1) is 5.82 Å². The molecule has 26 heavy (non-hydrogen) atoms. The monoisotopic (exact) mass is 357 g/mol. The summed E-state index contributed by atoms with van der Waals surface area (Å²) in [5, 5.41) is 0. The topological polar surface area (TPSA) is 38.8 Å². The van der Waals surface area contributed by atoms with Crippen LogP contribution in [-0.4, -0.2) is 43.7 Å². The summed E-state index contributed by atoms with van der Waals surface area (Å²) in [6.45, 7) is 4.81. The van der Waals surface area contributed by atoms with Gasteiger partial charge in [-0.05, 0) is 43.2 Å². The molecule has 1 amide bonds. The highest BCUT2D eigenvalue weighted by Crippen LogP contribution is 2.30. The van der Waals surface area contributed by atoms with E-state index >= 15 is 0 Å². The minimum Gasteiger partial charge on any atom is -0.490 e. The van der Waals surface area contributed by atoms with Crippen LogP contribution in [0.5, 0.6) is 5.75 Å². The Hall–Kier alpha value is -2.40. The van der Waals surface area contributed by atoms with Gasteiger partial charge in [-0.3, -0.25) is 4.79 Å². The second-order valence-electron chi connectivity index (χ2n) is 6.33. The molecular weight excluding hydrogens is 333 g/mol. The number of nitrogens with zero attached hydrogens (tertiary/aromatic N) is 1. The van der Waals surface area contributed by atoms with E-state index in [1.807, 2.05) is 30.0 Å². The summed E-state index contributed by atoms with van der Waals surface area (Å²) in [5.41, 5.74) is 1.65. The van der Waals surface area contributed by atoms with Crippen molar-refractivity contribution in [1.29, 1.82) is 0 Å². The molecule has 1 fully saturated rings. The van der Waals surface area contributed by atoms with Gasteiger partial charge < -0.3 is 14.4 Å². The van der Waals surface area contributed by atoms with Crippen LogP contribution < -0.4 is 4.74 Å². The first kappa shape index (κ1) is 18.4. The third-order valence-corrected chi connectivity index (χ3v) is 4.62. The summed E-state index contributed by atoms with van der Waals surface area (Å²) in [4.78, 5) is 14.8. The van der Waals surface area contributed by atoms with E-state index in [0.29, 0.717) is 44.2 Å². The van der Waals surface area contributed by atoms with Crippen LogP contribution in [0.4, 0.5) is 4.39 Å². The SMILES string of the molecule is CCOCCOc1ccccc1C(=O)N1CC[C@H](c2ccc(F)cc2)C1. The quantitative estimate of drug-likeness (QED) is 0.706. The van der Waals surface area contributed by atoms with Crippen molar-refractivity contribution >= 4 is 5.91 Å². The van der Waals surface area contributed by atoms with Crippen molar-refractivity contribution < 1.29 is 18.7 Å². The predicted molar refractivity (Wildman–Crippen MR) is 98.1 cm³/mol. The van der Waals surface area contributed by atoms with Gasteiger partial charge in [-0.1, -0.05) is 24.3 Å². The lowest BCUT2D eigenvalue weighted by molar-refractivity contribution is 0.0779. The highest BCUT2D eigenvalue weighted by Gasteiger charge is 2.29. The molecule has 1 atom stereocenters. The average molecular weight is 357 g/mol. The Morgan fingerprint density at radius 2 is 1.92 bits per heavy atom. The van der Waals surface area contributed by atoms with Gasteiger partial charge in [0.1, 0.15) is 18.2 Å². The lowest BCUT2D eigenvalue weighted by Gasteiger charge is -2.19. The van der Waals surface area contributed by atoms with Gasteiger partial charge in [0.05, 0.1) is 12.2 Å². The fraction of sp³-hybridized carbons (Fsp3) is 0.381. The minimum absolute atomic E-state index is 0.0263. The first-order valence-corrected chi connectivity index (χ1v) is 9.03. The zero-order valence-electron chi connectivity index (χ0n) is 15.0. The molecule has 4 nitrogen and oxygen atoms in total. The molecule has 0 aromatic heterocycles. The molecule has 1 aliphatic rings. The standard InChI is InChI=1S/C21H24FNO3/c1-2-25-13-14-26-20-6-4-3-5-19(20)21(24)23-12-11-17(15-23)16-7-9-18(22)10-8-16/h3-10,17H,2,11-15H2,1H3/t17-/m0/s1. The zero-order chi connectivity index (χ0) is 18.4. The summed E-state index contributed by atoms with van der Waals surface area (Å²) in [7, 11) is 0. The number of carbonyl (C=O) groups is 1. The van der Waals surface area contributed by atoms with Crippen molar-refractivity contribution in [3.8, 4) is 5.75 Å². The molecule has 0 bridgehead atoms. The molecule has 0 N–H and O–H groups in total. The molecule has 1 aliphatic heterocycles. The van der Waals surface area contributed by atoms with Crippen molar-refractivity contribution in [1.82, 2.24) is 4.90 Å². The summed E-state index contributed by atoms with van der Waals surface area (Å²) < 4.78 is 24.1. The van der Waals surface area contributed by atoms with Crippen LogP contribution in [0.25, 0.3) is 0 Å². The van der Waals surface area contributed by atoms with E-state index in [1.54, 1.807) is 18.2 Å². The molecule has 1 heterocycles. The number of hydrogen-bond donors (Lipinski definition) is 0. The maximum Gasteiger partial charge on any atom is 0.257 e. The first-order chi connectivity index (χ1) is 12.7. The van der Waals surface area contributed by atoms with E-state index in [4.69, 9.17) is 9.47 Å². The van der Waals surface area contributed by atoms with Gasteiger partial charge in [-0.15, -0.1) is 0 Å². The van der Waals surface area contributed by atoms with E-state index in [9.17, 15) is 9.18 Å². The van der Waals surface area contributed by atoms with Gasteiger partial charge >= 0.3 is 0 Å². The van der Waals surface area contributed by atoms with E-state index in [0.717, 1.165) is 12.0 Å². The Bertz CT molecular complexity index is 732. The number of ether oxygens (including phenoxy) is 2. The van der Waals surface area contributed by atoms with Gasteiger partial charge in [0.2, 0.25) is 0 Å². The number of hydrogen-bond acceptors (Lipinski definition) is 3. The highest BCUT2D eigenvalue weighted by molar-refractivity contribution is 5.97. The van der Waals surface area contributed by atoms with E-state index in [-0.39, 0.29) is 17.6 Å². The van der Waals surface area contributed by atoms with Gasteiger partial charge in [-0.2, -0.15) is 0 Å². The molecule has 0 aliphatic carbocycles. The molecule has 0 radical (unpaired) electrons. The Labute approximate surface area is 153 Å². The van der Waals surface area contributed by atoms with Crippen LogP contribution in [0.3, 0.4) is 0 Å². The first-order valence-electron chi connectivity index (χ1n) is 9.03. The van der Waals surface area contributed by atoms with Crippen molar-refractivity contribution in [3.63, 3.8) is 0 Å². The summed E-state index contributed by atoms with van der Waals surface area (Å²) in [6, 6.07) is 13.9. The minimum atomic E-state index is -0.238. The van der Waals surface area contributed by atoms with Crippen molar-refractivity contribution in [3.05, 3.63) is 65.5 Å². The molecule has 5 heteroatoms. The second kappa shape index (κ2) is 8.81. The zero-order valence-corrected chi connectivity index (χ0v) is 15.0. The lowest BCUT2D eigenvalue weighted by atomic mass is 9.98. The molecule has 0 unspecified atom stereocenters. The number of benzene rings is 2. The van der Waals surface area contributed by atoms with Gasteiger partial charge in [0.15, 0.2) is 0 Å². The van der Waals surface area contributed by atoms with Gasteiger partial charge in [-0.25, -0.2) is 4.39 Å². The summed E-state index contributed by atoms with van der Waals surface area (Å²) in [6.07, 6.45) is 0.880. The normalized spacial score (nSPS) is 16.7. The molecule has 138 valence electrons. The number of rotatable bonds is 7. The molecule has 2 aromatic carbocycles. The van der Waals surface area contributed by atoms with Crippen LogP contribution >= 0.6 is 0 Å². The van der Waals surface area contributed by atoms with Crippen LogP contribution in [0.2, 0.25) is 0 Å². The predicted octanol–water partition coefficient (Wildman–Crippen LogP) is 3.87. The molecule has 0 saturated carbocycles. The lowest BCUT2D eigenvalue weighted by Crippen LogP contribution is -2.29. The number of carbonyl (C=O) groups excluding carboxylic acids is 1. The van der Waals surface area contributed by atoms with Crippen molar-refractivity contribution in [2.24, 2.45) is 0 Å². The average Bonchev–Trinajstić information content (AvgIpc) is 3.16. The largest absolute Gasteiger partial charge is 0.490 e.